The van der Waals surface area contributed by atoms with Crippen molar-refractivity contribution in [3.63, 3.8) is 0 Å². The van der Waals surface area contributed by atoms with E-state index in [9.17, 15) is 4.39 Å². The molecule has 0 aliphatic carbocycles. The number of benzene rings is 5. The largest absolute Gasteiger partial charge is 0.321 e. The number of hydrogen-bond acceptors (Lipinski definition) is 3. The third kappa shape index (κ3) is 9.32. The highest BCUT2D eigenvalue weighted by Crippen LogP contribution is 2.39. The molecule has 2 aromatic heterocycles. The molecule has 7 aromatic rings. The molecular formula is C48H48FNS2. The molecule has 0 saturated carbocycles. The van der Waals surface area contributed by atoms with E-state index >= 15 is 0 Å². The molecule has 1 atom stereocenters. The summed E-state index contributed by atoms with van der Waals surface area (Å²) >= 11 is 3.71. The second kappa shape index (κ2) is 18.6. The predicted molar refractivity (Wildman–Crippen MR) is 232 cm³/mol. The molecule has 1 nitrogen and oxygen atoms in total. The van der Waals surface area contributed by atoms with Crippen LogP contribution in [-0.2, 0) is 0 Å². The molecule has 1 unspecified atom stereocenters. The van der Waals surface area contributed by atoms with Crippen molar-refractivity contribution in [1.29, 1.82) is 0 Å². The summed E-state index contributed by atoms with van der Waals surface area (Å²) in [4.78, 5) is 1.35. The van der Waals surface area contributed by atoms with E-state index in [-0.39, 0.29) is 11.9 Å². The van der Waals surface area contributed by atoms with Gasteiger partial charge in [-0.05, 0) is 121 Å². The fraction of sp³-hybridized carbons (Fsp3) is 0.167. The number of hydrogen-bond donors (Lipinski definition) is 1. The van der Waals surface area contributed by atoms with Crippen LogP contribution >= 0.6 is 22.7 Å². The van der Waals surface area contributed by atoms with Crippen molar-refractivity contribution in [2.24, 2.45) is 5.73 Å². The van der Waals surface area contributed by atoms with Gasteiger partial charge in [0.05, 0.1) is 0 Å². The molecule has 0 aliphatic rings. The van der Waals surface area contributed by atoms with Crippen molar-refractivity contribution in [3.8, 4) is 22.3 Å². The van der Waals surface area contributed by atoms with Gasteiger partial charge in [-0.25, -0.2) is 4.39 Å². The predicted octanol–water partition coefficient (Wildman–Crippen LogP) is 15.2. The SMILES string of the molecule is C/C=C\c1c(C)sc2ccc(-c3cc(-c4ccc5sc6ccccc6c5c4)cc(C(N)/C=C/C=C\C=C/CC)c3)cc12.CC.Cc1ccc(F)cc1. The number of halogens is 1. The molecule has 52 heavy (non-hydrogen) atoms. The summed E-state index contributed by atoms with van der Waals surface area (Å²) < 4.78 is 16.0. The van der Waals surface area contributed by atoms with Crippen LogP contribution in [0.15, 0.2) is 146 Å². The summed E-state index contributed by atoms with van der Waals surface area (Å²) in [5, 5.41) is 3.93. The normalized spacial score (nSPS) is 12.3. The summed E-state index contributed by atoms with van der Waals surface area (Å²) in [6, 6.07) is 35.4. The van der Waals surface area contributed by atoms with Crippen molar-refractivity contribution in [2.45, 2.75) is 54.0 Å². The third-order valence-electron chi connectivity index (χ3n) is 8.66. The quantitative estimate of drug-likeness (QED) is 0.155. The molecule has 2 N–H and O–H groups in total. The van der Waals surface area contributed by atoms with E-state index in [1.54, 1.807) is 12.1 Å². The topological polar surface area (TPSA) is 26.0 Å². The van der Waals surface area contributed by atoms with Crippen molar-refractivity contribution >= 4 is 59.0 Å². The average Bonchev–Trinajstić information content (AvgIpc) is 3.71. The molecular weight excluding hydrogens is 674 g/mol. The maximum atomic E-state index is 12.1. The number of aryl methyl sites for hydroxylation is 2. The summed E-state index contributed by atoms with van der Waals surface area (Å²) in [6.07, 6.45) is 17.8. The van der Waals surface area contributed by atoms with Crippen LogP contribution in [-0.4, -0.2) is 0 Å². The highest BCUT2D eigenvalue weighted by molar-refractivity contribution is 7.25. The van der Waals surface area contributed by atoms with Crippen LogP contribution in [0.3, 0.4) is 0 Å². The van der Waals surface area contributed by atoms with Crippen LogP contribution in [0.4, 0.5) is 4.39 Å². The van der Waals surface area contributed by atoms with Gasteiger partial charge in [0.2, 0.25) is 0 Å². The molecule has 0 fully saturated rings. The highest BCUT2D eigenvalue weighted by Gasteiger charge is 2.13. The van der Waals surface area contributed by atoms with Gasteiger partial charge in [0, 0.05) is 41.2 Å². The smallest absolute Gasteiger partial charge is 0.123 e. The molecule has 264 valence electrons. The van der Waals surface area contributed by atoms with Crippen LogP contribution < -0.4 is 5.73 Å². The van der Waals surface area contributed by atoms with Crippen molar-refractivity contribution in [2.75, 3.05) is 0 Å². The van der Waals surface area contributed by atoms with E-state index in [1.165, 1.54) is 75.1 Å². The van der Waals surface area contributed by atoms with E-state index in [0.717, 1.165) is 17.5 Å². The van der Waals surface area contributed by atoms with Crippen molar-refractivity contribution in [1.82, 2.24) is 0 Å². The first kappa shape index (κ1) is 38.4. The highest BCUT2D eigenvalue weighted by atomic mass is 32.1. The fourth-order valence-electron chi connectivity index (χ4n) is 6.05. The Balaban J connectivity index is 0.000000458. The number of fused-ring (bicyclic) bond motifs is 4. The monoisotopic (exact) mass is 721 g/mol. The standard InChI is InChI=1S/C39H35NS2.C7H7F.C2H6/c1-4-6-7-8-9-10-15-36(40)31-22-29(27-17-19-38-34(24-27)32(13-5-2)26(3)41-38)21-30(23-31)28-18-20-39-35(25-28)33-14-11-12-16-37(33)42-39;1-6-2-4-7(8)5-3-6;1-2/h5-25,36H,4,40H2,1-3H3;2-5H,1H3;1-2H3/b7-6-,9-8-,13-5-,15-10+;;. The molecule has 0 aliphatic heterocycles. The minimum Gasteiger partial charge on any atom is -0.321 e. The lowest BCUT2D eigenvalue weighted by atomic mass is 9.92. The third-order valence-corrected chi connectivity index (χ3v) is 10.9. The van der Waals surface area contributed by atoms with E-state index in [0.29, 0.717) is 0 Å². The molecule has 7 rings (SSSR count). The first-order chi connectivity index (χ1) is 25.3. The average molecular weight is 722 g/mol. The molecule has 0 radical (unpaired) electrons. The summed E-state index contributed by atoms with van der Waals surface area (Å²) in [6.45, 7) is 12.4. The van der Waals surface area contributed by atoms with Gasteiger partial charge in [-0.2, -0.15) is 0 Å². The Labute approximate surface area is 317 Å². The Morgan fingerprint density at radius 2 is 1.27 bits per heavy atom. The second-order valence-corrected chi connectivity index (χ2v) is 14.7. The summed E-state index contributed by atoms with van der Waals surface area (Å²) in [5.74, 6) is -0.171. The lowest BCUT2D eigenvalue weighted by molar-refractivity contribution is 0.627. The maximum absolute atomic E-state index is 12.1. The number of rotatable bonds is 8. The van der Waals surface area contributed by atoms with Crippen molar-refractivity contribution < 1.29 is 4.39 Å². The van der Waals surface area contributed by atoms with Gasteiger partial charge in [0.15, 0.2) is 0 Å². The van der Waals surface area contributed by atoms with Crippen LogP contribution in [0, 0.1) is 19.7 Å². The van der Waals surface area contributed by atoms with Crippen LogP contribution in [0.2, 0.25) is 0 Å². The molecule has 0 spiro atoms. The van der Waals surface area contributed by atoms with Crippen LogP contribution in [0.1, 0.15) is 61.7 Å². The Morgan fingerprint density at radius 3 is 1.92 bits per heavy atom. The van der Waals surface area contributed by atoms with Crippen molar-refractivity contribution in [3.05, 3.63) is 173 Å². The molecule has 0 amide bonds. The first-order valence-electron chi connectivity index (χ1n) is 18.0. The molecule has 0 saturated heterocycles. The Bertz CT molecular complexity index is 2350. The van der Waals surface area contributed by atoms with E-state index in [4.69, 9.17) is 5.73 Å². The fourth-order valence-corrected chi connectivity index (χ4v) is 8.17. The van der Waals surface area contributed by atoms with Gasteiger partial charge in [0.25, 0.3) is 0 Å². The van der Waals surface area contributed by atoms with Gasteiger partial charge in [-0.15, -0.1) is 22.7 Å². The lowest BCUT2D eigenvalue weighted by Crippen LogP contribution is -2.07. The second-order valence-electron chi connectivity index (χ2n) is 12.4. The van der Waals surface area contributed by atoms with Crippen LogP contribution in [0.25, 0.3) is 58.6 Å². The van der Waals surface area contributed by atoms with Gasteiger partial charge >= 0.3 is 0 Å². The van der Waals surface area contributed by atoms with Gasteiger partial charge < -0.3 is 5.73 Å². The zero-order valence-corrected chi connectivity index (χ0v) is 32.6. The Hall–Kier alpha value is -4.87. The number of thiophene rings is 2. The zero-order valence-electron chi connectivity index (χ0n) is 31.0. The number of nitrogens with two attached hydrogens (primary N) is 1. The lowest BCUT2D eigenvalue weighted by Gasteiger charge is -2.14. The molecule has 5 aromatic carbocycles. The van der Waals surface area contributed by atoms with E-state index < -0.39 is 0 Å². The summed E-state index contributed by atoms with van der Waals surface area (Å²) in [7, 11) is 0. The zero-order chi connectivity index (χ0) is 37.0. The molecule has 4 heteroatoms. The minimum atomic E-state index is -0.222. The van der Waals surface area contributed by atoms with Gasteiger partial charge in [-0.1, -0.05) is 117 Å². The summed E-state index contributed by atoms with van der Waals surface area (Å²) in [5.41, 5.74) is 15.1. The van der Waals surface area contributed by atoms with Crippen LogP contribution in [0.5, 0.6) is 0 Å². The minimum absolute atomic E-state index is 0.171. The molecule has 2 heterocycles. The number of allylic oxidation sites excluding steroid dienone is 6. The Morgan fingerprint density at radius 1 is 0.654 bits per heavy atom. The van der Waals surface area contributed by atoms with Gasteiger partial charge in [0.1, 0.15) is 5.82 Å². The van der Waals surface area contributed by atoms with E-state index in [1.807, 2.05) is 55.6 Å². The molecule has 0 bridgehead atoms. The van der Waals surface area contributed by atoms with Gasteiger partial charge in [-0.3, -0.25) is 0 Å². The Kier molecular flexibility index (Phi) is 13.7. The first-order valence-corrected chi connectivity index (χ1v) is 19.7. The van der Waals surface area contributed by atoms with E-state index in [2.05, 4.69) is 136 Å². The maximum Gasteiger partial charge on any atom is 0.123 e.